The van der Waals surface area contributed by atoms with E-state index in [9.17, 15) is 4.79 Å². The van der Waals surface area contributed by atoms with Gasteiger partial charge in [-0.1, -0.05) is 6.42 Å². The lowest BCUT2D eigenvalue weighted by Gasteiger charge is -2.25. The molecule has 1 heterocycles. The minimum Gasteiger partial charge on any atom is -0.353 e. The number of carbonyl (C=O) groups excluding carboxylic acids is 1. The normalized spacial score (nSPS) is 34.0. The van der Waals surface area contributed by atoms with Crippen molar-refractivity contribution in [1.29, 1.82) is 0 Å². The molecule has 2 aliphatic carbocycles. The Kier molecular flexibility index (Phi) is 5.52. The number of fused-ring (bicyclic) bond motifs is 2. The van der Waals surface area contributed by atoms with Gasteiger partial charge in [-0.15, -0.1) is 12.4 Å². The van der Waals surface area contributed by atoms with E-state index in [4.69, 9.17) is 0 Å². The van der Waals surface area contributed by atoms with Crippen LogP contribution in [-0.2, 0) is 4.79 Å². The highest BCUT2D eigenvalue weighted by molar-refractivity contribution is 5.85. The van der Waals surface area contributed by atoms with E-state index >= 15 is 0 Å². The molecule has 3 atom stereocenters. The van der Waals surface area contributed by atoms with E-state index in [1.165, 1.54) is 38.5 Å². The van der Waals surface area contributed by atoms with Crippen LogP contribution in [0, 0.1) is 17.8 Å². The number of amides is 1. The van der Waals surface area contributed by atoms with Gasteiger partial charge in [0.05, 0.1) is 0 Å². The molecule has 3 unspecified atom stereocenters. The fraction of sp³-hybridized carbons (Fsp3) is 0.933. The van der Waals surface area contributed by atoms with E-state index in [-0.39, 0.29) is 12.4 Å². The highest BCUT2D eigenvalue weighted by Crippen LogP contribution is 2.44. The molecule has 19 heavy (non-hydrogen) atoms. The molecule has 2 N–H and O–H groups in total. The smallest absolute Gasteiger partial charge is 0.220 e. The summed E-state index contributed by atoms with van der Waals surface area (Å²) in [6, 6.07) is 0.518. The van der Waals surface area contributed by atoms with Crippen LogP contribution in [0.1, 0.15) is 51.4 Å². The molecule has 1 aliphatic heterocycles. The lowest BCUT2D eigenvalue weighted by Crippen LogP contribution is -2.38. The van der Waals surface area contributed by atoms with Crippen molar-refractivity contribution in [3.8, 4) is 0 Å². The molecule has 0 spiro atoms. The van der Waals surface area contributed by atoms with Crippen molar-refractivity contribution in [3.63, 3.8) is 0 Å². The number of nitrogens with one attached hydrogen (secondary N) is 2. The number of rotatable bonds is 4. The zero-order chi connectivity index (χ0) is 12.4. The first-order valence-electron chi connectivity index (χ1n) is 7.81. The lowest BCUT2D eigenvalue weighted by molar-refractivity contribution is -0.122. The second-order valence-corrected chi connectivity index (χ2v) is 6.58. The van der Waals surface area contributed by atoms with Crippen molar-refractivity contribution in [2.24, 2.45) is 17.8 Å². The molecule has 3 aliphatic rings. The summed E-state index contributed by atoms with van der Waals surface area (Å²) in [4.78, 5) is 12.0. The van der Waals surface area contributed by atoms with E-state index in [0.29, 0.717) is 11.9 Å². The van der Waals surface area contributed by atoms with Crippen molar-refractivity contribution in [1.82, 2.24) is 10.6 Å². The molecule has 2 saturated carbocycles. The first kappa shape index (κ1) is 15.1. The molecule has 0 aromatic rings. The third kappa shape index (κ3) is 3.85. The van der Waals surface area contributed by atoms with Gasteiger partial charge < -0.3 is 10.6 Å². The molecule has 3 rings (SSSR count). The minimum absolute atomic E-state index is 0. The molecule has 1 saturated heterocycles. The summed E-state index contributed by atoms with van der Waals surface area (Å²) in [6.45, 7) is 2.28. The highest BCUT2D eigenvalue weighted by atomic mass is 35.5. The fourth-order valence-electron chi connectivity index (χ4n) is 4.21. The molecule has 4 heteroatoms. The minimum atomic E-state index is 0. The standard InChI is InChI=1S/C15H26N2O.ClH/c18-15(4-2-11-5-7-16-8-6-11)17-14-10-12-1-3-13(14)9-12;/h11-14,16H,1-10H2,(H,17,18);1H. The largest absolute Gasteiger partial charge is 0.353 e. The first-order chi connectivity index (χ1) is 8.81. The van der Waals surface area contributed by atoms with Gasteiger partial charge in [0, 0.05) is 12.5 Å². The first-order valence-corrected chi connectivity index (χ1v) is 7.81. The van der Waals surface area contributed by atoms with E-state index in [1.807, 2.05) is 0 Å². The Morgan fingerprint density at radius 1 is 1.11 bits per heavy atom. The van der Waals surface area contributed by atoms with Gasteiger partial charge in [0.1, 0.15) is 0 Å². The van der Waals surface area contributed by atoms with Crippen LogP contribution in [0.25, 0.3) is 0 Å². The molecule has 1 amide bonds. The third-order valence-corrected chi connectivity index (χ3v) is 5.32. The summed E-state index contributed by atoms with van der Waals surface area (Å²) in [5.41, 5.74) is 0. The summed E-state index contributed by atoms with van der Waals surface area (Å²) in [5.74, 6) is 2.81. The van der Waals surface area contributed by atoms with Gasteiger partial charge in [0.25, 0.3) is 0 Å². The molecule has 2 bridgehead atoms. The number of halogens is 1. The summed E-state index contributed by atoms with van der Waals surface area (Å²) in [5, 5.41) is 6.67. The van der Waals surface area contributed by atoms with Crippen LogP contribution in [0.4, 0.5) is 0 Å². The van der Waals surface area contributed by atoms with Gasteiger partial charge in [-0.3, -0.25) is 4.79 Å². The van der Waals surface area contributed by atoms with Crippen LogP contribution >= 0.6 is 12.4 Å². The predicted octanol–water partition coefficient (Wildman–Crippen LogP) is 2.49. The Morgan fingerprint density at radius 3 is 2.53 bits per heavy atom. The lowest BCUT2D eigenvalue weighted by atomic mass is 9.92. The molecular formula is C15H27ClN2O. The Hall–Kier alpha value is -0.280. The molecule has 0 aromatic carbocycles. The maximum absolute atomic E-state index is 12.0. The number of piperidine rings is 1. The molecular weight excluding hydrogens is 260 g/mol. The Balaban J connectivity index is 0.00000133. The van der Waals surface area contributed by atoms with Gasteiger partial charge >= 0.3 is 0 Å². The van der Waals surface area contributed by atoms with Crippen LogP contribution in [0.5, 0.6) is 0 Å². The molecule has 3 nitrogen and oxygen atoms in total. The van der Waals surface area contributed by atoms with Crippen molar-refractivity contribution in [3.05, 3.63) is 0 Å². The predicted molar refractivity (Wildman–Crippen MR) is 79.5 cm³/mol. The van der Waals surface area contributed by atoms with Crippen LogP contribution in [0.15, 0.2) is 0 Å². The topological polar surface area (TPSA) is 41.1 Å². The molecule has 0 radical (unpaired) electrons. The fourth-order valence-corrected chi connectivity index (χ4v) is 4.21. The maximum Gasteiger partial charge on any atom is 0.220 e. The summed E-state index contributed by atoms with van der Waals surface area (Å²) < 4.78 is 0. The maximum atomic E-state index is 12.0. The Bertz CT molecular complexity index is 305. The monoisotopic (exact) mass is 286 g/mol. The molecule has 3 fully saturated rings. The van der Waals surface area contributed by atoms with E-state index in [1.54, 1.807) is 0 Å². The summed E-state index contributed by atoms with van der Waals surface area (Å²) in [6.07, 6.45) is 9.73. The SMILES string of the molecule is Cl.O=C(CCC1CCNCC1)NC1CC2CCC1C2. The van der Waals surface area contributed by atoms with Gasteiger partial charge in [0.15, 0.2) is 0 Å². The van der Waals surface area contributed by atoms with Crippen molar-refractivity contribution in [2.75, 3.05) is 13.1 Å². The van der Waals surface area contributed by atoms with Crippen molar-refractivity contribution < 1.29 is 4.79 Å². The third-order valence-electron chi connectivity index (χ3n) is 5.32. The van der Waals surface area contributed by atoms with Crippen LogP contribution in [-0.4, -0.2) is 25.0 Å². The second kappa shape index (κ2) is 6.94. The molecule has 110 valence electrons. The van der Waals surface area contributed by atoms with Crippen LogP contribution in [0.2, 0.25) is 0 Å². The zero-order valence-electron chi connectivity index (χ0n) is 11.7. The quantitative estimate of drug-likeness (QED) is 0.834. The van der Waals surface area contributed by atoms with Crippen LogP contribution < -0.4 is 10.6 Å². The van der Waals surface area contributed by atoms with E-state index < -0.39 is 0 Å². The molecule has 0 aromatic heterocycles. The number of hydrogen-bond donors (Lipinski definition) is 2. The average Bonchev–Trinajstić information content (AvgIpc) is 3.00. The average molecular weight is 287 g/mol. The van der Waals surface area contributed by atoms with Gasteiger partial charge in [-0.2, -0.15) is 0 Å². The Labute approximate surface area is 122 Å². The zero-order valence-corrected chi connectivity index (χ0v) is 12.5. The van der Waals surface area contributed by atoms with Crippen molar-refractivity contribution >= 4 is 18.3 Å². The van der Waals surface area contributed by atoms with E-state index in [2.05, 4.69) is 10.6 Å². The number of hydrogen-bond acceptors (Lipinski definition) is 2. The van der Waals surface area contributed by atoms with Gasteiger partial charge in [0.2, 0.25) is 5.91 Å². The highest BCUT2D eigenvalue weighted by Gasteiger charge is 2.39. The Morgan fingerprint density at radius 2 is 1.89 bits per heavy atom. The summed E-state index contributed by atoms with van der Waals surface area (Å²) >= 11 is 0. The second-order valence-electron chi connectivity index (χ2n) is 6.58. The van der Waals surface area contributed by atoms with Crippen LogP contribution in [0.3, 0.4) is 0 Å². The summed E-state index contributed by atoms with van der Waals surface area (Å²) in [7, 11) is 0. The van der Waals surface area contributed by atoms with Gasteiger partial charge in [-0.25, -0.2) is 0 Å². The van der Waals surface area contributed by atoms with Crippen molar-refractivity contribution in [2.45, 2.75) is 57.4 Å². The van der Waals surface area contributed by atoms with E-state index in [0.717, 1.165) is 43.7 Å². The van der Waals surface area contributed by atoms with Gasteiger partial charge in [-0.05, 0) is 69.4 Å². The number of carbonyl (C=O) groups is 1.